The monoisotopic (exact) mass is 333 g/mol. The maximum atomic E-state index is 12.3. The van der Waals surface area contributed by atoms with Gasteiger partial charge in [0, 0.05) is 31.6 Å². The first-order valence-corrected chi connectivity index (χ1v) is 9.28. The van der Waals surface area contributed by atoms with Crippen molar-refractivity contribution in [1.82, 2.24) is 25.3 Å². The predicted molar refractivity (Wildman–Crippen MR) is 88.4 cm³/mol. The van der Waals surface area contributed by atoms with Crippen molar-refractivity contribution in [2.45, 2.75) is 63.6 Å². The summed E-state index contributed by atoms with van der Waals surface area (Å²) in [5.41, 5.74) is 0. The van der Waals surface area contributed by atoms with Gasteiger partial charge in [0.15, 0.2) is 5.82 Å². The van der Waals surface area contributed by atoms with Crippen LogP contribution in [0.5, 0.6) is 0 Å². The van der Waals surface area contributed by atoms with E-state index < -0.39 is 0 Å². The van der Waals surface area contributed by atoms with E-state index in [1.807, 2.05) is 6.92 Å². The molecule has 1 N–H and O–H groups in total. The molecule has 0 unspecified atom stereocenters. The smallest absolute Gasteiger partial charge is 0.237 e. The van der Waals surface area contributed by atoms with E-state index in [0.29, 0.717) is 12.0 Å². The van der Waals surface area contributed by atoms with Gasteiger partial charge in [-0.25, -0.2) is 0 Å². The van der Waals surface area contributed by atoms with Crippen molar-refractivity contribution in [3.05, 3.63) is 11.7 Å². The number of hydrogen-bond donors (Lipinski definition) is 1. The third-order valence-corrected chi connectivity index (χ3v) is 5.25. The van der Waals surface area contributed by atoms with Crippen LogP contribution in [0.1, 0.15) is 56.7 Å². The largest absolute Gasteiger partial charge is 0.352 e. The zero-order chi connectivity index (χ0) is 16.5. The standard InChI is InChI=1S/C17H27N5O2/c1-12(16(23)18-14-5-6-14)22-8-2-7-21(9-10-22)11-15-19-17(24-20-15)13-3-4-13/h12-14H,2-11H2,1H3,(H,18,23)/t12-/m0/s1. The lowest BCUT2D eigenvalue weighted by molar-refractivity contribution is -0.126. The minimum absolute atomic E-state index is 0.0443. The Morgan fingerprint density at radius 2 is 2.08 bits per heavy atom. The summed E-state index contributed by atoms with van der Waals surface area (Å²) in [6.45, 7) is 6.60. The maximum Gasteiger partial charge on any atom is 0.237 e. The number of amides is 1. The first-order chi connectivity index (χ1) is 11.7. The fourth-order valence-electron chi connectivity index (χ4n) is 3.28. The van der Waals surface area contributed by atoms with Gasteiger partial charge in [-0.1, -0.05) is 5.16 Å². The summed E-state index contributed by atoms with van der Waals surface area (Å²) in [7, 11) is 0. The molecule has 2 saturated carbocycles. The number of carbonyl (C=O) groups is 1. The molecular weight excluding hydrogens is 306 g/mol. The summed E-state index contributed by atoms with van der Waals surface area (Å²) < 4.78 is 5.34. The van der Waals surface area contributed by atoms with E-state index in [0.717, 1.165) is 63.7 Å². The lowest BCUT2D eigenvalue weighted by atomic mass is 10.2. The Balaban J connectivity index is 1.27. The Bertz CT molecular complexity index is 581. The number of aromatic nitrogens is 2. The second kappa shape index (κ2) is 6.80. The molecule has 2 heterocycles. The van der Waals surface area contributed by atoms with Crippen LogP contribution < -0.4 is 5.32 Å². The van der Waals surface area contributed by atoms with Crippen LogP contribution in [0.2, 0.25) is 0 Å². The molecule has 4 rings (SSSR count). The molecule has 0 bridgehead atoms. The highest BCUT2D eigenvalue weighted by Gasteiger charge is 2.31. The molecule has 1 amide bonds. The van der Waals surface area contributed by atoms with Gasteiger partial charge in [0.2, 0.25) is 11.8 Å². The van der Waals surface area contributed by atoms with Crippen LogP contribution in [0.4, 0.5) is 0 Å². The van der Waals surface area contributed by atoms with Crippen molar-refractivity contribution in [2.24, 2.45) is 0 Å². The van der Waals surface area contributed by atoms with Crippen molar-refractivity contribution in [3.63, 3.8) is 0 Å². The number of carbonyl (C=O) groups excluding carboxylic acids is 1. The van der Waals surface area contributed by atoms with Gasteiger partial charge in [-0.05, 0) is 45.6 Å². The van der Waals surface area contributed by atoms with Crippen LogP contribution in [0.25, 0.3) is 0 Å². The Hall–Kier alpha value is -1.47. The van der Waals surface area contributed by atoms with Crippen LogP contribution in [-0.2, 0) is 11.3 Å². The zero-order valence-electron chi connectivity index (χ0n) is 14.4. The first-order valence-electron chi connectivity index (χ1n) is 9.28. The molecule has 3 aliphatic rings. The second-order valence-corrected chi connectivity index (χ2v) is 7.45. The zero-order valence-corrected chi connectivity index (χ0v) is 14.4. The molecular formula is C17H27N5O2. The molecule has 1 saturated heterocycles. The number of nitrogens with one attached hydrogen (secondary N) is 1. The van der Waals surface area contributed by atoms with Crippen LogP contribution in [0.15, 0.2) is 4.52 Å². The van der Waals surface area contributed by atoms with Gasteiger partial charge in [0.1, 0.15) is 0 Å². The summed E-state index contributed by atoms with van der Waals surface area (Å²) in [5, 5.41) is 7.23. The van der Waals surface area contributed by atoms with Gasteiger partial charge >= 0.3 is 0 Å². The summed E-state index contributed by atoms with van der Waals surface area (Å²) >= 11 is 0. The van der Waals surface area contributed by atoms with Gasteiger partial charge in [0.05, 0.1) is 12.6 Å². The minimum Gasteiger partial charge on any atom is -0.352 e. The predicted octanol–water partition coefficient (Wildman–Crippen LogP) is 1.12. The minimum atomic E-state index is -0.0443. The number of rotatable bonds is 6. The third kappa shape index (κ3) is 3.95. The molecule has 3 fully saturated rings. The van der Waals surface area contributed by atoms with Gasteiger partial charge in [-0.3, -0.25) is 14.6 Å². The highest BCUT2D eigenvalue weighted by molar-refractivity contribution is 5.81. The van der Waals surface area contributed by atoms with E-state index in [1.165, 1.54) is 12.8 Å². The van der Waals surface area contributed by atoms with Gasteiger partial charge in [-0.15, -0.1) is 0 Å². The first kappa shape index (κ1) is 16.0. The Morgan fingerprint density at radius 3 is 2.83 bits per heavy atom. The Labute approximate surface area is 142 Å². The Morgan fingerprint density at radius 1 is 1.25 bits per heavy atom. The molecule has 0 radical (unpaired) electrons. The summed E-state index contributed by atoms with van der Waals surface area (Å²) in [6.07, 6.45) is 5.70. The molecule has 7 nitrogen and oxygen atoms in total. The maximum absolute atomic E-state index is 12.3. The lowest BCUT2D eigenvalue weighted by Gasteiger charge is -2.26. The summed E-state index contributed by atoms with van der Waals surface area (Å²) in [4.78, 5) is 21.4. The van der Waals surface area contributed by atoms with E-state index in [9.17, 15) is 4.79 Å². The average Bonchev–Trinajstić information content (AvgIpc) is 3.47. The molecule has 1 aliphatic heterocycles. The van der Waals surface area contributed by atoms with E-state index in [1.54, 1.807) is 0 Å². The van der Waals surface area contributed by atoms with Crippen molar-refractivity contribution in [3.8, 4) is 0 Å². The van der Waals surface area contributed by atoms with Crippen LogP contribution in [0.3, 0.4) is 0 Å². The molecule has 132 valence electrons. The number of hydrogen-bond acceptors (Lipinski definition) is 6. The molecule has 7 heteroatoms. The molecule has 1 aromatic heterocycles. The van der Waals surface area contributed by atoms with Crippen LogP contribution in [-0.4, -0.2) is 64.1 Å². The highest BCUT2D eigenvalue weighted by atomic mass is 16.5. The van der Waals surface area contributed by atoms with Crippen molar-refractivity contribution in [1.29, 1.82) is 0 Å². The summed E-state index contributed by atoms with van der Waals surface area (Å²) in [5.74, 6) is 2.30. The fourth-order valence-corrected chi connectivity index (χ4v) is 3.28. The molecule has 1 aromatic rings. The molecule has 24 heavy (non-hydrogen) atoms. The van der Waals surface area contributed by atoms with Gasteiger partial charge < -0.3 is 9.84 Å². The van der Waals surface area contributed by atoms with E-state index >= 15 is 0 Å². The fraction of sp³-hybridized carbons (Fsp3) is 0.824. The van der Waals surface area contributed by atoms with Crippen molar-refractivity contribution >= 4 is 5.91 Å². The molecule has 1 atom stereocenters. The molecule has 0 aromatic carbocycles. The van der Waals surface area contributed by atoms with E-state index in [2.05, 4.69) is 25.3 Å². The SMILES string of the molecule is C[C@@H](C(=O)NC1CC1)N1CCCN(Cc2noc(C3CC3)n2)CC1. The van der Waals surface area contributed by atoms with Gasteiger partial charge in [-0.2, -0.15) is 4.98 Å². The quantitative estimate of drug-likeness (QED) is 0.841. The average molecular weight is 333 g/mol. The van der Waals surface area contributed by atoms with E-state index in [4.69, 9.17) is 4.52 Å². The van der Waals surface area contributed by atoms with E-state index in [-0.39, 0.29) is 11.9 Å². The molecule has 2 aliphatic carbocycles. The van der Waals surface area contributed by atoms with Crippen LogP contribution in [0, 0.1) is 0 Å². The highest BCUT2D eigenvalue weighted by Crippen LogP contribution is 2.38. The third-order valence-electron chi connectivity index (χ3n) is 5.25. The second-order valence-electron chi connectivity index (χ2n) is 7.45. The Kier molecular flexibility index (Phi) is 4.54. The topological polar surface area (TPSA) is 74.5 Å². The number of nitrogens with zero attached hydrogens (tertiary/aromatic N) is 4. The molecule has 0 spiro atoms. The van der Waals surface area contributed by atoms with Crippen molar-refractivity contribution < 1.29 is 9.32 Å². The van der Waals surface area contributed by atoms with Crippen LogP contribution >= 0.6 is 0 Å². The normalized spacial score (nSPS) is 24.5. The van der Waals surface area contributed by atoms with Gasteiger partial charge in [0.25, 0.3) is 0 Å². The lowest BCUT2D eigenvalue weighted by Crippen LogP contribution is -2.47. The van der Waals surface area contributed by atoms with Crippen molar-refractivity contribution in [2.75, 3.05) is 26.2 Å². The summed E-state index contributed by atoms with van der Waals surface area (Å²) in [6, 6.07) is 0.388.